The minimum absolute atomic E-state index is 0.0440. The van der Waals surface area contributed by atoms with Gasteiger partial charge in [-0.05, 0) is 48.7 Å². The van der Waals surface area contributed by atoms with Crippen LogP contribution in [-0.2, 0) is 0 Å². The fraction of sp³-hybridized carbons (Fsp3) is 0.0800. The molecular formula is C25H20N8O3. The average molecular weight is 480 g/mol. The number of nitrogens with zero attached hydrogens (tertiary/aromatic N) is 7. The van der Waals surface area contributed by atoms with Gasteiger partial charge in [0, 0.05) is 23.5 Å². The molecule has 5 aromatic rings. The second-order valence-corrected chi connectivity index (χ2v) is 7.64. The largest absolute Gasteiger partial charge is 0.505 e. The van der Waals surface area contributed by atoms with Crippen LogP contribution < -0.4 is 10.1 Å². The van der Waals surface area contributed by atoms with Crippen LogP contribution in [0.1, 0.15) is 16.2 Å². The minimum Gasteiger partial charge on any atom is -0.505 e. The van der Waals surface area contributed by atoms with Crippen LogP contribution in [0.15, 0.2) is 83.3 Å². The number of aromatic hydroxyl groups is 1. The Morgan fingerprint density at radius 2 is 1.78 bits per heavy atom. The Morgan fingerprint density at radius 1 is 1.03 bits per heavy atom. The van der Waals surface area contributed by atoms with E-state index in [1.807, 2.05) is 18.2 Å². The number of carbonyl (C=O) groups is 1. The van der Waals surface area contributed by atoms with E-state index in [9.17, 15) is 9.90 Å². The highest BCUT2D eigenvalue weighted by atomic mass is 16.5. The topological polar surface area (TPSA) is 140 Å². The fourth-order valence-electron chi connectivity index (χ4n) is 3.56. The molecule has 0 atom stereocenters. The van der Waals surface area contributed by atoms with Crippen LogP contribution in [0.5, 0.6) is 11.5 Å². The summed E-state index contributed by atoms with van der Waals surface area (Å²) in [5.74, 6) is 0.675. The highest BCUT2D eigenvalue weighted by molar-refractivity contribution is 6.11. The number of aryl methyl sites for hydroxylation is 1. The van der Waals surface area contributed by atoms with Crippen molar-refractivity contribution in [2.45, 2.75) is 6.92 Å². The van der Waals surface area contributed by atoms with Gasteiger partial charge >= 0.3 is 0 Å². The number of methoxy groups -OCH3 is 1. The molecule has 0 aliphatic rings. The highest BCUT2D eigenvalue weighted by Crippen LogP contribution is 2.39. The van der Waals surface area contributed by atoms with E-state index in [0.717, 1.165) is 0 Å². The van der Waals surface area contributed by atoms with Gasteiger partial charge in [-0.3, -0.25) is 4.79 Å². The number of carbonyl (C=O) groups excluding carboxylic acids is 1. The SMILES string of the molecule is COc1ccc(NC(=O)c2cc3ccccc3c(/N=N/c3nc(C)nn3-c3ncccn3)c2O)cc1. The number of aromatic nitrogens is 5. The molecule has 0 aliphatic carbocycles. The number of anilines is 1. The standard InChI is InChI=1S/C25H20N8O3/c1-15-28-25(33(32-15)24-26-12-5-13-27-24)31-30-21-19-7-4-3-6-16(19)14-20(22(21)34)23(35)29-17-8-10-18(36-2)11-9-17/h3-14,34H,1-2H3,(H,29,35)/b31-30+. The van der Waals surface area contributed by atoms with E-state index >= 15 is 0 Å². The van der Waals surface area contributed by atoms with Crippen molar-refractivity contribution in [2.24, 2.45) is 10.2 Å². The summed E-state index contributed by atoms with van der Waals surface area (Å²) in [6.07, 6.45) is 3.15. The van der Waals surface area contributed by atoms with Crippen molar-refractivity contribution < 1.29 is 14.6 Å². The van der Waals surface area contributed by atoms with Gasteiger partial charge in [-0.25, -0.2) is 9.97 Å². The van der Waals surface area contributed by atoms with Crippen LogP contribution in [0.2, 0.25) is 0 Å². The number of hydrogen-bond acceptors (Lipinski definition) is 9. The first-order valence-corrected chi connectivity index (χ1v) is 10.9. The van der Waals surface area contributed by atoms with Crippen molar-refractivity contribution in [3.8, 4) is 17.4 Å². The van der Waals surface area contributed by atoms with Crippen LogP contribution in [0, 0.1) is 6.92 Å². The molecule has 0 spiro atoms. The first-order chi connectivity index (χ1) is 17.5. The lowest BCUT2D eigenvalue weighted by atomic mass is 10.0. The van der Waals surface area contributed by atoms with Crippen molar-refractivity contribution in [2.75, 3.05) is 12.4 Å². The van der Waals surface area contributed by atoms with Gasteiger partial charge in [-0.2, -0.15) is 9.67 Å². The van der Waals surface area contributed by atoms with Crippen molar-refractivity contribution in [1.29, 1.82) is 0 Å². The third-order valence-corrected chi connectivity index (χ3v) is 5.26. The fourth-order valence-corrected chi connectivity index (χ4v) is 3.56. The molecule has 11 heteroatoms. The van der Waals surface area contributed by atoms with E-state index in [1.165, 1.54) is 4.68 Å². The Morgan fingerprint density at radius 3 is 2.53 bits per heavy atom. The Hall–Kier alpha value is -5.19. The molecule has 2 heterocycles. The van der Waals surface area contributed by atoms with Crippen LogP contribution in [-0.4, -0.2) is 42.9 Å². The lowest BCUT2D eigenvalue weighted by molar-refractivity contribution is 0.102. The molecule has 5 rings (SSSR count). The number of fused-ring (bicyclic) bond motifs is 1. The summed E-state index contributed by atoms with van der Waals surface area (Å²) in [7, 11) is 1.56. The molecule has 178 valence electrons. The van der Waals surface area contributed by atoms with Crippen molar-refractivity contribution in [3.63, 3.8) is 0 Å². The quantitative estimate of drug-likeness (QED) is 0.329. The van der Waals surface area contributed by atoms with Gasteiger partial charge < -0.3 is 15.2 Å². The molecular weight excluding hydrogens is 460 g/mol. The smallest absolute Gasteiger partial charge is 0.275 e. The van der Waals surface area contributed by atoms with Gasteiger partial charge in [-0.15, -0.1) is 15.3 Å². The van der Waals surface area contributed by atoms with Crippen LogP contribution >= 0.6 is 0 Å². The molecule has 2 N–H and O–H groups in total. The number of nitrogens with one attached hydrogen (secondary N) is 1. The Bertz CT molecular complexity index is 1580. The number of phenolic OH excluding ortho intramolecular Hbond substituents is 1. The van der Waals surface area contributed by atoms with Crippen molar-refractivity contribution >= 4 is 34.0 Å². The van der Waals surface area contributed by atoms with Gasteiger partial charge in [0.05, 0.1) is 12.7 Å². The summed E-state index contributed by atoms with van der Waals surface area (Å²) in [4.78, 5) is 25.7. The number of phenols is 1. The minimum atomic E-state index is -0.503. The highest BCUT2D eigenvalue weighted by Gasteiger charge is 2.19. The second kappa shape index (κ2) is 9.58. The predicted molar refractivity (Wildman–Crippen MR) is 132 cm³/mol. The zero-order valence-corrected chi connectivity index (χ0v) is 19.3. The van der Waals surface area contributed by atoms with Gasteiger partial charge in [-0.1, -0.05) is 24.3 Å². The summed E-state index contributed by atoms with van der Waals surface area (Å²) in [5, 5.41) is 27.9. The maximum Gasteiger partial charge on any atom is 0.275 e. The summed E-state index contributed by atoms with van der Waals surface area (Å²) in [6, 6.07) is 17.4. The van der Waals surface area contributed by atoms with Crippen LogP contribution in [0.25, 0.3) is 16.7 Å². The molecule has 1 amide bonds. The molecule has 0 bridgehead atoms. The molecule has 11 nitrogen and oxygen atoms in total. The van der Waals surface area contributed by atoms with Crippen molar-refractivity contribution in [1.82, 2.24) is 24.7 Å². The maximum atomic E-state index is 13.1. The molecule has 3 aromatic carbocycles. The Kier molecular flexibility index (Phi) is 6.02. The van der Waals surface area contributed by atoms with Crippen LogP contribution in [0.3, 0.4) is 0 Å². The number of ether oxygens (including phenoxy) is 1. The van der Waals surface area contributed by atoms with Gasteiger partial charge in [0.1, 0.15) is 11.4 Å². The Labute approximate surface area is 205 Å². The van der Waals surface area contributed by atoms with E-state index in [-0.39, 0.29) is 28.9 Å². The summed E-state index contributed by atoms with van der Waals surface area (Å²) in [5.41, 5.74) is 0.708. The summed E-state index contributed by atoms with van der Waals surface area (Å²) < 4.78 is 6.49. The van der Waals surface area contributed by atoms with Gasteiger partial charge in [0.2, 0.25) is 0 Å². The van der Waals surface area contributed by atoms with E-state index in [0.29, 0.717) is 28.0 Å². The van der Waals surface area contributed by atoms with Gasteiger partial charge in [0.25, 0.3) is 17.8 Å². The number of rotatable bonds is 6. The first-order valence-electron chi connectivity index (χ1n) is 10.9. The molecule has 2 aromatic heterocycles. The van der Waals surface area contributed by atoms with Crippen molar-refractivity contribution in [3.05, 3.63) is 84.4 Å². The third kappa shape index (κ3) is 4.44. The van der Waals surface area contributed by atoms with E-state index in [4.69, 9.17) is 4.74 Å². The number of benzene rings is 3. The third-order valence-electron chi connectivity index (χ3n) is 5.26. The van der Waals surface area contributed by atoms with E-state index < -0.39 is 5.91 Å². The summed E-state index contributed by atoms with van der Waals surface area (Å²) in [6.45, 7) is 1.70. The predicted octanol–water partition coefficient (Wildman–Crippen LogP) is 4.90. The normalized spacial score (nSPS) is 11.2. The van der Waals surface area contributed by atoms with Gasteiger partial charge in [0.15, 0.2) is 11.6 Å². The maximum absolute atomic E-state index is 13.1. The second-order valence-electron chi connectivity index (χ2n) is 7.64. The van der Waals surface area contributed by atoms with Crippen LogP contribution in [0.4, 0.5) is 17.3 Å². The number of azo groups is 1. The zero-order valence-electron chi connectivity index (χ0n) is 19.3. The monoisotopic (exact) mass is 480 g/mol. The molecule has 0 saturated heterocycles. The van der Waals surface area contributed by atoms with E-state index in [2.05, 4.69) is 35.6 Å². The molecule has 0 fully saturated rings. The molecule has 0 saturated carbocycles. The summed E-state index contributed by atoms with van der Waals surface area (Å²) >= 11 is 0. The lowest BCUT2D eigenvalue weighted by Crippen LogP contribution is -2.12. The Balaban J connectivity index is 1.55. The number of hydrogen-bond donors (Lipinski definition) is 2. The molecule has 0 radical (unpaired) electrons. The lowest BCUT2D eigenvalue weighted by Gasteiger charge is -2.11. The molecule has 0 aliphatic heterocycles. The average Bonchev–Trinajstić information content (AvgIpc) is 3.29. The molecule has 0 unspecified atom stereocenters. The zero-order chi connectivity index (χ0) is 25.1. The first kappa shape index (κ1) is 22.6. The number of amides is 1. The molecule has 36 heavy (non-hydrogen) atoms. The van der Waals surface area contributed by atoms with E-state index in [1.54, 1.807) is 68.9 Å².